The summed E-state index contributed by atoms with van der Waals surface area (Å²) >= 11 is 0. The van der Waals surface area contributed by atoms with Gasteiger partial charge in [0, 0.05) is 38.8 Å². The van der Waals surface area contributed by atoms with Gasteiger partial charge in [0.15, 0.2) is 0 Å². The molecule has 122 valence electrons. The van der Waals surface area contributed by atoms with Crippen LogP contribution in [0, 0.1) is 0 Å². The van der Waals surface area contributed by atoms with Gasteiger partial charge in [-0.15, -0.1) is 0 Å². The zero-order valence-corrected chi connectivity index (χ0v) is 13.5. The summed E-state index contributed by atoms with van der Waals surface area (Å²) in [6, 6.07) is 2.04. The SMILES string of the molecule is Cn1c(C(=O)N2CCCC2)cc2c1N(C1=CCC(F)C=C1)CC2. The normalized spacial score (nSPS) is 23.4. The summed E-state index contributed by atoms with van der Waals surface area (Å²) in [6.07, 6.45) is 8.12. The lowest BCUT2D eigenvalue weighted by Crippen LogP contribution is -2.30. The Morgan fingerprint density at radius 1 is 1.26 bits per heavy atom. The highest BCUT2D eigenvalue weighted by atomic mass is 19.1. The Labute approximate surface area is 135 Å². The van der Waals surface area contributed by atoms with Gasteiger partial charge in [-0.1, -0.05) is 6.08 Å². The number of aromatic nitrogens is 1. The fraction of sp³-hybridized carbons (Fsp3) is 0.500. The number of nitrogens with zero attached hydrogens (tertiary/aromatic N) is 3. The van der Waals surface area contributed by atoms with Crippen LogP contribution in [0.3, 0.4) is 0 Å². The average Bonchev–Trinajstić information content (AvgIpc) is 3.26. The number of carbonyl (C=O) groups is 1. The second-order valence-corrected chi connectivity index (χ2v) is 6.58. The van der Waals surface area contributed by atoms with E-state index in [1.165, 1.54) is 5.56 Å². The molecular formula is C18H22FN3O. The van der Waals surface area contributed by atoms with Gasteiger partial charge in [0.05, 0.1) is 0 Å². The molecule has 1 fully saturated rings. The summed E-state index contributed by atoms with van der Waals surface area (Å²) in [5.74, 6) is 1.22. The van der Waals surface area contributed by atoms with E-state index >= 15 is 0 Å². The smallest absolute Gasteiger partial charge is 0.270 e. The van der Waals surface area contributed by atoms with Crippen LogP contribution in [0.5, 0.6) is 0 Å². The molecule has 1 amide bonds. The van der Waals surface area contributed by atoms with E-state index in [-0.39, 0.29) is 5.91 Å². The van der Waals surface area contributed by atoms with E-state index in [2.05, 4.69) is 4.90 Å². The summed E-state index contributed by atoms with van der Waals surface area (Å²) in [7, 11) is 1.96. The first-order valence-corrected chi connectivity index (χ1v) is 8.43. The molecule has 1 aromatic heterocycles. The van der Waals surface area contributed by atoms with Crippen LogP contribution in [-0.2, 0) is 13.5 Å². The zero-order chi connectivity index (χ0) is 16.0. The predicted octanol–water partition coefficient (Wildman–Crippen LogP) is 2.81. The molecule has 0 N–H and O–H groups in total. The first-order chi connectivity index (χ1) is 11.1. The number of rotatable bonds is 2. The molecule has 1 saturated heterocycles. The Morgan fingerprint density at radius 2 is 2.04 bits per heavy atom. The van der Waals surface area contributed by atoms with Gasteiger partial charge in [0.25, 0.3) is 5.91 Å². The minimum absolute atomic E-state index is 0.135. The molecule has 2 aliphatic heterocycles. The van der Waals surface area contributed by atoms with Gasteiger partial charge < -0.3 is 14.4 Å². The first kappa shape index (κ1) is 14.5. The molecule has 1 unspecified atom stereocenters. The van der Waals surface area contributed by atoms with Crippen LogP contribution >= 0.6 is 0 Å². The molecule has 3 aliphatic rings. The highest BCUT2D eigenvalue weighted by Gasteiger charge is 2.31. The van der Waals surface area contributed by atoms with E-state index in [1.54, 1.807) is 6.08 Å². The number of amides is 1. The molecule has 1 aliphatic carbocycles. The van der Waals surface area contributed by atoms with Crippen molar-refractivity contribution in [3.63, 3.8) is 0 Å². The molecule has 1 aromatic rings. The van der Waals surface area contributed by atoms with Crippen molar-refractivity contribution in [3.8, 4) is 0 Å². The van der Waals surface area contributed by atoms with E-state index in [9.17, 15) is 9.18 Å². The van der Waals surface area contributed by atoms with E-state index in [4.69, 9.17) is 0 Å². The minimum atomic E-state index is -0.874. The van der Waals surface area contributed by atoms with Crippen molar-refractivity contribution >= 4 is 11.7 Å². The van der Waals surface area contributed by atoms with E-state index in [1.807, 2.05) is 34.7 Å². The van der Waals surface area contributed by atoms with Crippen LogP contribution in [0.2, 0.25) is 0 Å². The number of carbonyl (C=O) groups excluding carboxylic acids is 1. The quantitative estimate of drug-likeness (QED) is 0.839. The van der Waals surface area contributed by atoms with Gasteiger partial charge >= 0.3 is 0 Å². The predicted molar refractivity (Wildman–Crippen MR) is 88.3 cm³/mol. The Kier molecular flexibility index (Phi) is 3.51. The monoisotopic (exact) mass is 315 g/mol. The lowest BCUT2D eigenvalue weighted by molar-refractivity contribution is 0.0783. The summed E-state index contributed by atoms with van der Waals surface area (Å²) in [5.41, 5.74) is 3.02. The number of anilines is 1. The average molecular weight is 315 g/mol. The number of fused-ring (bicyclic) bond motifs is 1. The maximum Gasteiger partial charge on any atom is 0.270 e. The third-order valence-corrected chi connectivity index (χ3v) is 5.09. The van der Waals surface area contributed by atoms with Crippen molar-refractivity contribution in [1.29, 1.82) is 0 Å². The maximum atomic E-state index is 13.3. The number of hydrogen-bond acceptors (Lipinski definition) is 2. The summed E-state index contributed by atoms with van der Waals surface area (Å²) in [4.78, 5) is 16.9. The minimum Gasteiger partial charge on any atom is -0.337 e. The van der Waals surface area contributed by atoms with Gasteiger partial charge in [-0.3, -0.25) is 4.79 Å². The molecule has 0 bridgehead atoms. The van der Waals surface area contributed by atoms with E-state index in [0.717, 1.165) is 56.1 Å². The second-order valence-electron chi connectivity index (χ2n) is 6.58. The summed E-state index contributed by atoms with van der Waals surface area (Å²) < 4.78 is 15.3. The fourth-order valence-corrected chi connectivity index (χ4v) is 3.85. The topological polar surface area (TPSA) is 28.5 Å². The molecule has 23 heavy (non-hydrogen) atoms. The van der Waals surface area contributed by atoms with Crippen molar-refractivity contribution in [2.24, 2.45) is 7.05 Å². The van der Waals surface area contributed by atoms with Crippen LogP contribution in [0.4, 0.5) is 10.2 Å². The van der Waals surface area contributed by atoms with Crippen LogP contribution in [0.25, 0.3) is 0 Å². The molecule has 5 heteroatoms. The Balaban J connectivity index is 1.64. The zero-order valence-electron chi connectivity index (χ0n) is 13.5. The van der Waals surface area contributed by atoms with Crippen molar-refractivity contribution in [1.82, 2.24) is 9.47 Å². The molecule has 0 saturated carbocycles. The molecule has 0 spiro atoms. The fourth-order valence-electron chi connectivity index (χ4n) is 3.85. The Hall–Kier alpha value is -2.04. The first-order valence-electron chi connectivity index (χ1n) is 8.43. The largest absolute Gasteiger partial charge is 0.337 e. The third kappa shape index (κ3) is 2.38. The van der Waals surface area contributed by atoms with E-state index in [0.29, 0.717) is 6.42 Å². The van der Waals surface area contributed by atoms with Crippen molar-refractivity contribution < 1.29 is 9.18 Å². The highest BCUT2D eigenvalue weighted by Crippen LogP contribution is 2.35. The molecule has 0 aromatic carbocycles. The number of hydrogen-bond donors (Lipinski definition) is 0. The standard InChI is InChI=1S/C18H22FN3O/c1-20-16(18(23)21-9-2-3-10-21)12-13-8-11-22(17(13)20)15-6-4-14(19)5-7-15/h4,6-7,12,14H,2-3,5,8-11H2,1H3. The molecular weight excluding hydrogens is 293 g/mol. The Morgan fingerprint density at radius 3 is 2.74 bits per heavy atom. The number of alkyl halides is 1. The van der Waals surface area contributed by atoms with Gasteiger partial charge in [-0.2, -0.15) is 0 Å². The lowest BCUT2D eigenvalue weighted by Gasteiger charge is -2.25. The van der Waals surface area contributed by atoms with Gasteiger partial charge in [-0.05, 0) is 43.0 Å². The summed E-state index contributed by atoms with van der Waals surface area (Å²) in [6.45, 7) is 2.62. The molecule has 1 atom stereocenters. The van der Waals surface area contributed by atoms with Crippen LogP contribution in [0.15, 0.2) is 30.0 Å². The molecule has 4 nitrogen and oxygen atoms in total. The van der Waals surface area contributed by atoms with Crippen molar-refractivity contribution in [2.75, 3.05) is 24.5 Å². The van der Waals surface area contributed by atoms with Crippen LogP contribution in [-0.4, -0.2) is 41.2 Å². The van der Waals surface area contributed by atoms with Crippen molar-refractivity contribution in [2.45, 2.75) is 31.9 Å². The number of likely N-dealkylation sites (tertiary alicyclic amines) is 1. The lowest BCUT2D eigenvalue weighted by atomic mass is 10.1. The highest BCUT2D eigenvalue weighted by molar-refractivity contribution is 5.94. The van der Waals surface area contributed by atoms with Gasteiger partial charge in [0.2, 0.25) is 0 Å². The molecule has 0 radical (unpaired) electrons. The van der Waals surface area contributed by atoms with E-state index < -0.39 is 6.17 Å². The second kappa shape index (κ2) is 5.55. The Bertz CT molecular complexity index is 697. The van der Waals surface area contributed by atoms with Crippen LogP contribution in [0.1, 0.15) is 35.3 Å². The molecule has 4 rings (SSSR count). The van der Waals surface area contributed by atoms with Gasteiger partial charge in [-0.25, -0.2) is 4.39 Å². The van der Waals surface area contributed by atoms with Crippen molar-refractivity contribution in [3.05, 3.63) is 41.2 Å². The number of allylic oxidation sites excluding steroid dienone is 3. The third-order valence-electron chi connectivity index (χ3n) is 5.09. The molecule has 3 heterocycles. The number of halogens is 1. The van der Waals surface area contributed by atoms with Gasteiger partial charge in [0.1, 0.15) is 17.7 Å². The maximum absolute atomic E-state index is 13.3. The summed E-state index contributed by atoms with van der Waals surface area (Å²) in [5, 5.41) is 0. The van der Waals surface area contributed by atoms with Crippen LogP contribution < -0.4 is 4.90 Å².